The Morgan fingerprint density at radius 2 is 1.62 bits per heavy atom. The lowest BCUT2D eigenvalue weighted by atomic mass is 10.2. The van der Waals surface area contributed by atoms with Crippen LogP contribution in [0.25, 0.3) is 0 Å². The Morgan fingerprint density at radius 1 is 1.03 bits per heavy atom. The molecule has 0 saturated carbocycles. The summed E-state index contributed by atoms with van der Waals surface area (Å²) in [6.07, 6.45) is 4.84. The third kappa shape index (κ3) is 13.9. The second-order valence-corrected chi connectivity index (χ2v) is 7.08. The van der Waals surface area contributed by atoms with Gasteiger partial charge in [-0.05, 0) is 13.3 Å². The highest BCUT2D eigenvalue weighted by Crippen LogP contribution is 2.13. The molecule has 0 aliphatic carbocycles. The maximum atomic E-state index is 12.1. The molecule has 0 spiro atoms. The van der Waals surface area contributed by atoms with Crippen LogP contribution in [0, 0.1) is 0 Å². The number of hydrogen-bond donors (Lipinski definition) is 1. The van der Waals surface area contributed by atoms with Gasteiger partial charge >= 0.3 is 5.97 Å². The van der Waals surface area contributed by atoms with Crippen molar-refractivity contribution in [1.29, 1.82) is 0 Å². The standard InChI is InChI=1S/C14H21N3O4S.C4H10.C3H8/c1-3-6-17(12(19)8-15)7-5-11(18)13-16-10(9-22-13)14(20)21-4-2;1-3-4-2;1-3-2/h9H,3-8,15H2,1-2H3;3-4H2,1-2H3;3H2,1-2H3. The van der Waals surface area contributed by atoms with Crippen molar-refractivity contribution in [2.24, 2.45) is 5.73 Å². The van der Waals surface area contributed by atoms with Crippen LogP contribution in [-0.4, -0.2) is 53.8 Å². The topological polar surface area (TPSA) is 103 Å². The monoisotopic (exact) mass is 429 g/mol. The van der Waals surface area contributed by atoms with Crippen molar-refractivity contribution in [1.82, 2.24) is 9.88 Å². The van der Waals surface area contributed by atoms with Gasteiger partial charge in [-0.25, -0.2) is 9.78 Å². The van der Waals surface area contributed by atoms with Crippen LogP contribution < -0.4 is 5.73 Å². The summed E-state index contributed by atoms with van der Waals surface area (Å²) in [7, 11) is 0. The Balaban J connectivity index is 0. The second kappa shape index (κ2) is 19.5. The molecule has 0 aliphatic rings. The lowest BCUT2D eigenvalue weighted by Gasteiger charge is -2.20. The number of hydrogen-bond acceptors (Lipinski definition) is 7. The number of rotatable bonds is 10. The number of carbonyl (C=O) groups is 3. The third-order valence-corrected chi connectivity index (χ3v) is 4.24. The van der Waals surface area contributed by atoms with Gasteiger partial charge in [0.1, 0.15) is 0 Å². The molecule has 1 rings (SSSR count). The van der Waals surface area contributed by atoms with E-state index in [9.17, 15) is 14.4 Å². The summed E-state index contributed by atoms with van der Waals surface area (Å²) in [5, 5.41) is 1.75. The molecule has 0 aliphatic heterocycles. The SMILES string of the molecule is CCC.CCCC.CCCN(CCC(=O)c1nc(C(=O)OCC)cs1)C(=O)CN. The highest BCUT2D eigenvalue weighted by Gasteiger charge is 2.18. The average Bonchev–Trinajstić information content (AvgIpc) is 3.22. The molecule has 8 heteroatoms. The molecule has 168 valence electrons. The minimum atomic E-state index is -0.538. The summed E-state index contributed by atoms with van der Waals surface area (Å²) < 4.78 is 4.82. The summed E-state index contributed by atoms with van der Waals surface area (Å²) in [5.41, 5.74) is 5.49. The Kier molecular flexibility index (Phi) is 19.8. The number of nitrogens with zero attached hydrogens (tertiary/aromatic N) is 2. The first-order valence-corrected chi connectivity index (χ1v) is 11.4. The first kappa shape index (κ1) is 29.4. The van der Waals surface area contributed by atoms with E-state index in [0.717, 1.165) is 17.8 Å². The fourth-order valence-corrected chi connectivity index (χ4v) is 2.56. The molecule has 0 aromatic carbocycles. The summed E-state index contributed by atoms with van der Waals surface area (Å²) >= 11 is 1.10. The van der Waals surface area contributed by atoms with Crippen molar-refractivity contribution in [2.75, 3.05) is 26.2 Å². The van der Waals surface area contributed by atoms with Crippen molar-refractivity contribution in [3.8, 4) is 0 Å². The quantitative estimate of drug-likeness (QED) is 0.439. The molecular formula is C21H39N3O4S. The van der Waals surface area contributed by atoms with E-state index >= 15 is 0 Å². The van der Waals surface area contributed by atoms with Crippen molar-refractivity contribution >= 4 is 29.0 Å². The average molecular weight is 430 g/mol. The summed E-state index contributed by atoms with van der Waals surface area (Å²) in [6, 6.07) is 0. The van der Waals surface area contributed by atoms with Gasteiger partial charge in [0.25, 0.3) is 0 Å². The lowest BCUT2D eigenvalue weighted by molar-refractivity contribution is -0.129. The van der Waals surface area contributed by atoms with Crippen LogP contribution >= 0.6 is 11.3 Å². The molecule has 0 radical (unpaired) electrons. The van der Waals surface area contributed by atoms with Gasteiger partial charge < -0.3 is 15.4 Å². The maximum Gasteiger partial charge on any atom is 0.357 e. The van der Waals surface area contributed by atoms with Gasteiger partial charge in [0.15, 0.2) is 16.5 Å². The normalized spacial score (nSPS) is 9.48. The minimum Gasteiger partial charge on any atom is -0.461 e. The van der Waals surface area contributed by atoms with Crippen LogP contribution in [-0.2, 0) is 9.53 Å². The first-order chi connectivity index (χ1) is 13.9. The molecule has 0 atom stereocenters. The Morgan fingerprint density at radius 3 is 2.07 bits per heavy atom. The van der Waals surface area contributed by atoms with E-state index in [-0.39, 0.29) is 42.0 Å². The van der Waals surface area contributed by atoms with E-state index in [4.69, 9.17) is 10.5 Å². The van der Waals surface area contributed by atoms with E-state index in [2.05, 4.69) is 32.7 Å². The van der Waals surface area contributed by atoms with E-state index in [1.165, 1.54) is 24.6 Å². The number of nitrogens with two attached hydrogens (primary N) is 1. The predicted octanol–water partition coefficient (Wildman–Crippen LogP) is 4.31. The Bertz CT molecular complexity index is 574. The van der Waals surface area contributed by atoms with Crippen molar-refractivity contribution in [3.63, 3.8) is 0 Å². The molecule has 0 fully saturated rings. The summed E-state index contributed by atoms with van der Waals surface area (Å²) in [6.45, 7) is 13.3. The molecule has 7 nitrogen and oxygen atoms in total. The van der Waals surface area contributed by atoms with Gasteiger partial charge in [-0.1, -0.05) is 53.9 Å². The van der Waals surface area contributed by atoms with E-state index in [1.54, 1.807) is 11.8 Å². The maximum absolute atomic E-state index is 12.1. The zero-order valence-corrected chi connectivity index (χ0v) is 19.8. The summed E-state index contributed by atoms with van der Waals surface area (Å²) in [4.78, 5) is 40.8. The fraction of sp³-hybridized carbons (Fsp3) is 0.714. The number of unbranched alkanes of at least 4 members (excludes halogenated alkanes) is 1. The van der Waals surface area contributed by atoms with Crippen molar-refractivity contribution in [2.45, 2.75) is 73.6 Å². The van der Waals surface area contributed by atoms with Crippen molar-refractivity contribution in [3.05, 3.63) is 16.1 Å². The van der Waals surface area contributed by atoms with Crippen molar-refractivity contribution < 1.29 is 19.1 Å². The number of amides is 1. The Hall–Kier alpha value is -1.80. The van der Waals surface area contributed by atoms with Crippen LogP contribution in [0.4, 0.5) is 0 Å². The second-order valence-electron chi connectivity index (χ2n) is 6.22. The summed E-state index contributed by atoms with van der Waals surface area (Å²) in [5.74, 6) is -0.920. The van der Waals surface area contributed by atoms with Crippen LogP contribution in [0.3, 0.4) is 0 Å². The highest BCUT2D eigenvalue weighted by atomic mass is 32.1. The van der Waals surface area contributed by atoms with Crippen LogP contribution in [0.1, 0.15) is 93.9 Å². The largest absolute Gasteiger partial charge is 0.461 e. The lowest BCUT2D eigenvalue weighted by Crippen LogP contribution is -2.37. The molecular weight excluding hydrogens is 390 g/mol. The zero-order chi connectivity index (χ0) is 22.7. The van der Waals surface area contributed by atoms with E-state index < -0.39 is 5.97 Å². The number of ether oxygens (including phenoxy) is 1. The van der Waals surface area contributed by atoms with Gasteiger partial charge in [-0.3, -0.25) is 9.59 Å². The molecule has 1 aromatic heterocycles. The van der Waals surface area contributed by atoms with Gasteiger partial charge in [0.05, 0.1) is 13.2 Å². The zero-order valence-electron chi connectivity index (χ0n) is 19.0. The number of Topliss-reactive ketones (excluding diaryl/α,β-unsaturated/α-hetero) is 1. The molecule has 29 heavy (non-hydrogen) atoms. The number of carbonyl (C=O) groups excluding carboxylic acids is 3. The van der Waals surface area contributed by atoms with Gasteiger partial charge in [0, 0.05) is 24.9 Å². The van der Waals surface area contributed by atoms with Crippen LogP contribution in [0.15, 0.2) is 5.38 Å². The third-order valence-electron chi connectivity index (χ3n) is 3.36. The van der Waals surface area contributed by atoms with Gasteiger partial charge in [0.2, 0.25) is 5.91 Å². The smallest absolute Gasteiger partial charge is 0.357 e. The molecule has 2 N–H and O–H groups in total. The molecule has 0 bridgehead atoms. The highest BCUT2D eigenvalue weighted by molar-refractivity contribution is 7.11. The molecule has 1 heterocycles. The number of ketones is 1. The number of esters is 1. The number of thiazole rings is 1. The molecule has 0 unspecified atom stereocenters. The minimum absolute atomic E-state index is 0.0710. The van der Waals surface area contributed by atoms with Crippen LogP contribution in [0.2, 0.25) is 0 Å². The van der Waals surface area contributed by atoms with Gasteiger partial charge in [-0.15, -0.1) is 11.3 Å². The van der Waals surface area contributed by atoms with Gasteiger partial charge in [-0.2, -0.15) is 0 Å². The van der Waals surface area contributed by atoms with Crippen LogP contribution in [0.5, 0.6) is 0 Å². The molecule has 1 amide bonds. The first-order valence-electron chi connectivity index (χ1n) is 10.5. The number of aromatic nitrogens is 1. The Labute approximate surface area is 180 Å². The fourth-order valence-electron chi connectivity index (χ4n) is 1.80. The van der Waals surface area contributed by atoms with E-state index in [1.807, 2.05) is 6.92 Å². The van der Waals surface area contributed by atoms with E-state index in [0.29, 0.717) is 13.1 Å². The molecule has 0 saturated heterocycles. The molecule has 1 aromatic rings. The predicted molar refractivity (Wildman–Crippen MR) is 119 cm³/mol.